The highest BCUT2D eigenvalue weighted by molar-refractivity contribution is 9.10. The number of rotatable bonds is 5. The summed E-state index contributed by atoms with van der Waals surface area (Å²) < 4.78 is 51.9. The number of benzene rings is 2. The highest BCUT2D eigenvalue weighted by Gasteiger charge is 2.19. The number of sulfone groups is 1. The molecule has 0 atom stereocenters. The minimum atomic E-state index is -3.35. The molecule has 3 rings (SSSR count). The van der Waals surface area contributed by atoms with E-state index in [1.807, 2.05) is 0 Å². The van der Waals surface area contributed by atoms with Crippen molar-refractivity contribution in [1.29, 1.82) is 0 Å². The summed E-state index contributed by atoms with van der Waals surface area (Å²) in [5.74, 6) is 0. The molecule has 0 saturated heterocycles. The van der Waals surface area contributed by atoms with Gasteiger partial charge in [-0.15, -0.1) is 0 Å². The van der Waals surface area contributed by atoms with Crippen LogP contribution in [0.25, 0.3) is 16.9 Å². The molecule has 142 valence electrons. The third kappa shape index (κ3) is 4.10. The zero-order chi connectivity index (χ0) is 19.8. The van der Waals surface area contributed by atoms with Gasteiger partial charge >= 0.3 is 0 Å². The monoisotopic (exact) mass is 455 g/mol. The fourth-order valence-electron chi connectivity index (χ4n) is 2.61. The van der Waals surface area contributed by atoms with Crippen molar-refractivity contribution in [3.63, 3.8) is 0 Å². The quantitative estimate of drug-likeness (QED) is 0.627. The molecule has 5 nitrogen and oxygen atoms in total. The molecular formula is C18H16BrF2N3O2S. The number of hydrogen-bond acceptors (Lipinski definition) is 4. The molecule has 2 N–H and O–H groups in total. The van der Waals surface area contributed by atoms with Crippen molar-refractivity contribution in [3.05, 3.63) is 64.3 Å². The molecule has 0 bridgehead atoms. The first-order chi connectivity index (χ1) is 12.7. The number of nitrogens with two attached hydrogens (primary N) is 1. The van der Waals surface area contributed by atoms with E-state index in [0.29, 0.717) is 23.5 Å². The summed E-state index contributed by atoms with van der Waals surface area (Å²) in [5, 5.41) is 4.02. The topological polar surface area (TPSA) is 78.0 Å². The third-order valence-corrected chi connectivity index (χ3v) is 5.90. The van der Waals surface area contributed by atoms with Gasteiger partial charge in [-0.05, 0) is 35.9 Å². The Morgan fingerprint density at radius 1 is 1.15 bits per heavy atom. The Balaban J connectivity index is 2.14. The molecule has 9 heteroatoms. The van der Waals surface area contributed by atoms with Crippen LogP contribution in [0.1, 0.15) is 17.7 Å². The van der Waals surface area contributed by atoms with Gasteiger partial charge in [-0.25, -0.2) is 21.9 Å². The molecule has 27 heavy (non-hydrogen) atoms. The fraction of sp³-hybridized carbons (Fsp3) is 0.167. The van der Waals surface area contributed by atoms with Crippen LogP contribution in [0.3, 0.4) is 0 Å². The Hall–Kier alpha value is -2.10. The first kappa shape index (κ1) is 19.7. The van der Waals surface area contributed by atoms with Gasteiger partial charge in [0.2, 0.25) is 0 Å². The van der Waals surface area contributed by atoms with Crippen LogP contribution in [-0.4, -0.2) is 24.5 Å². The smallest absolute Gasteiger partial charge is 0.282 e. The Kier molecular flexibility index (Phi) is 5.45. The predicted molar refractivity (Wildman–Crippen MR) is 103 cm³/mol. The second-order valence-electron chi connectivity index (χ2n) is 5.94. The molecule has 0 radical (unpaired) electrons. The number of nitrogens with zero attached hydrogens (tertiary/aromatic N) is 2. The molecule has 0 aliphatic rings. The summed E-state index contributed by atoms with van der Waals surface area (Å²) in [6.07, 6.45) is -1.62. The summed E-state index contributed by atoms with van der Waals surface area (Å²) in [4.78, 5) is 0.154. The van der Waals surface area contributed by atoms with Gasteiger partial charge in [0, 0.05) is 22.8 Å². The first-order valence-corrected chi connectivity index (χ1v) is 10.6. The fourth-order valence-corrected chi connectivity index (χ4v) is 3.77. The van der Waals surface area contributed by atoms with Crippen LogP contribution >= 0.6 is 15.9 Å². The Morgan fingerprint density at radius 3 is 2.33 bits per heavy atom. The van der Waals surface area contributed by atoms with Gasteiger partial charge in [0.15, 0.2) is 9.84 Å². The van der Waals surface area contributed by atoms with E-state index in [9.17, 15) is 17.2 Å². The Morgan fingerprint density at radius 2 is 1.81 bits per heavy atom. The maximum Gasteiger partial charge on any atom is 0.282 e. The van der Waals surface area contributed by atoms with E-state index in [1.54, 1.807) is 30.3 Å². The molecule has 0 aliphatic heterocycles. The van der Waals surface area contributed by atoms with Gasteiger partial charge in [-0.1, -0.05) is 34.1 Å². The number of halogens is 3. The molecular weight excluding hydrogens is 440 g/mol. The second kappa shape index (κ2) is 7.49. The molecule has 1 heterocycles. The van der Waals surface area contributed by atoms with Gasteiger partial charge in [0.1, 0.15) is 5.69 Å². The largest absolute Gasteiger partial charge is 0.326 e. The summed E-state index contributed by atoms with van der Waals surface area (Å²) in [6.45, 7) is 0.335. The van der Waals surface area contributed by atoms with E-state index in [1.165, 1.54) is 22.9 Å². The van der Waals surface area contributed by atoms with E-state index in [0.717, 1.165) is 16.3 Å². The zero-order valence-corrected chi connectivity index (χ0v) is 16.6. The van der Waals surface area contributed by atoms with Gasteiger partial charge in [-0.3, -0.25) is 0 Å². The lowest BCUT2D eigenvalue weighted by Gasteiger charge is -2.10. The summed E-state index contributed by atoms with van der Waals surface area (Å²) in [6, 6.07) is 12.6. The molecule has 0 amide bonds. The Bertz CT molecular complexity index is 1080. The van der Waals surface area contributed by atoms with Gasteiger partial charge < -0.3 is 5.73 Å². The van der Waals surface area contributed by atoms with Crippen molar-refractivity contribution < 1.29 is 17.2 Å². The molecule has 0 fully saturated rings. The number of hydrogen-bond donors (Lipinski definition) is 1. The number of alkyl halides is 2. The van der Waals surface area contributed by atoms with Crippen molar-refractivity contribution >= 4 is 25.8 Å². The molecule has 1 aromatic heterocycles. The van der Waals surface area contributed by atoms with Crippen molar-refractivity contribution in [2.45, 2.75) is 17.9 Å². The summed E-state index contributed by atoms with van der Waals surface area (Å²) in [7, 11) is -3.35. The van der Waals surface area contributed by atoms with Crippen molar-refractivity contribution in [2.24, 2.45) is 5.73 Å². The maximum atomic E-state index is 13.2. The van der Waals surface area contributed by atoms with Crippen LogP contribution in [0.4, 0.5) is 8.78 Å². The van der Waals surface area contributed by atoms with Crippen LogP contribution < -0.4 is 5.73 Å². The highest BCUT2D eigenvalue weighted by atomic mass is 79.9. The van der Waals surface area contributed by atoms with Gasteiger partial charge in [0.05, 0.1) is 16.3 Å². The second-order valence-corrected chi connectivity index (χ2v) is 8.81. The molecule has 0 spiro atoms. The Labute approximate surface area is 163 Å². The van der Waals surface area contributed by atoms with Crippen molar-refractivity contribution in [1.82, 2.24) is 9.78 Å². The van der Waals surface area contributed by atoms with Crippen molar-refractivity contribution in [3.8, 4) is 16.9 Å². The average Bonchev–Trinajstić information content (AvgIpc) is 3.06. The van der Waals surface area contributed by atoms with Gasteiger partial charge in [-0.2, -0.15) is 5.10 Å². The van der Waals surface area contributed by atoms with Crippen LogP contribution in [-0.2, 0) is 16.4 Å². The van der Waals surface area contributed by atoms with Crippen LogP contribution in [0.2, 0.25) is 0 Å². The van der Waals surface area contributed by atoms with E-state index < -0.39 is 16.3 Å². The normalized spacial score (nSPS) is 11.9. The van der Waals surface area contributed by atoms with Crippen LogP contribution in [0.5, 0.6) is 0 Å². The van der Waals surface area contributed by atoms with E-state index in [-0.39, 0.29) is 10.6 Å². The van der Waals surface area contributed by atoms with E-state index in [2.05, 4.69) is 21.0 Å². The standard InChI is InChI=1S/C18H16BrF2N3O2S/c1-27(25,26)14-6-3-11(4-7-14)17-9-16(18(20)21)23-24(17)13-5-2-12(10-22)15(19)8-13/h2-9,18H,10,22H2,1H3. The third-order valence-electron chi connectivity index (χ3n) is 4.03. The lowest BCUT2D eigenvalue weighted by Crippen LogP contribution is -2.03. The SMILES string of the molecule is CS(=O)(=O)c1ccc(-c2cc(C(F)F)nn2-c2ccc(CN)c(Br)c2)cc1. The molecule has 0 saturated carbocycles. The first-order valence-electron chi connectivity index (χ1n) is 7.88. The van der Waals surface area contributed by atoms with E-state index in [4.69, 9.17) is 5.73 Å². The summed E-state index contributed by atoms with van der Waals surface area (Å²) >= 11 is 3.42. The zero-order valence-electron chi connectivity index (χ0n) is 14.2. The average molecular weight is 456 g/mol. The lowest BCUT2D eigenvalue weighted by molar-refractivity contribution is 0.145. The molecule has 0 aliphatic carbocycles. The number of aromatic nitrogens is 2. The lowest BCUT2D eigenvalue weighted by atomic mass is 10.1. The van der Waals surface area contributed by atoms with Crippen molar-refractivity contribution in [2.75, 3.05) is 6.26 Å². The van der Waals surface area contributed by atoms with E-state index >= 15 is 0 Å². The minimum absolute atomic E-state index is 0.154. The maximum absolute atomic E-state index is 13.2. The molecule has 2 aromatic carbocycles. The molecule has 0 unspecified atom stereocenters. The van der Waals surface area contributed by atoms with Crippen LogP contribution in [0, 0.1) is 0 Å². The van der Waals surface area contributed by atoms with Gasteiger partial charge in [0.25, 0.3) is 6.43 Å². The predicted octanol–water partition coefficient (Wildman–Crippen LogP) is 4.10. The molecule has 3 aromatic rings. The van der Waals surface area contributed by atoms with Crippen LogP contribution in [0.15, 0.2) is 57.9 Å². The highest BCUT2D eigenvalue weighted by Crippen LogP contribution is 2.30. The summed E-state index contributed by atoms with van der Waals surface area (Å²) in [5.41, 5.74) is 7.74. The minimum Gasteiger partial charge on any atom is -0.326 e.